The fourth-order valence-corrected chi connectivity index (χ4v) is 2.50. The summed E-state index contributed by atoms with van der Waals surface area (Å²) in [4.78, 5) is 13.1. The first kappa shape index (κ1) is 13.0. The number of likely N-dealkylation sites (tertiary alicyclic amines) is 1. The summed E-state index contributed by atoms with van der Waals surface area (Å²) < 4.78 is 0. The lowest BCUT2D eigenvalue weighted by Crippen LogP contribution is -2.37. The van der Waals surface area contributed by atoms with Crippen LogP contribution in [0, 0.1) is 6.92 Å². The minimum Gasteiger partial charge on any atom is -0.358 e. The molecule has 0 radical (unpaired) electrons. The van der Waals surface area contributed by atoms with Gasteiger partial charge in [-0.3, -0.25) is 5.43 Å². The van der Waals surface area contributed by atoms with Crippen LogP contribution in [-0.2, 0) is 0 Å². The highest BCUT2D eigenvalue weighted by atomic mass is 15.3. The molecule has 0 saturated carbocycles. The molecule has 6 nitrogen and oxygen atoms in total. The molecular weight excluding hydrogens is 228 g/mol. The molecule has 1 unspecified atom stereocenters. The number of nitrogens with one attached hydrogen (secondary N) is 1. The molecule has 3 N–H and O–H groups in total. The maximum atomic E-state index is 5.35. The highest BCUT2D eigenvalue weighted by Gasteiger charge is 2.23. The largest absolute Gasteiger partial charge is 0.358 e. The molecule has 18 heavy (non-hydrogen) atoms. The molecule has 0 spiro atoms. The van der Waals surface area contributed by atoms with E-state index in [9.17, 15) is 0 Å². The third-order valence-electron chi connectivity index (χ3n) is 3.59. The number of likely N-dealkylation sites (N-methyl/N-ethyl adjacent to an activating group) is 2. The Morgan fingerprint density at radius 3 is 3.00 bits per heavy atom. The van der Waals surface area contributed by atoms with Crippen LogP contribution in [0.25, 0.3) is 0 Å². The topological polar surface area (TPSA) is 70.3 Å². The zero-order chi connectivity index (χ0) is 13.1. The summed E-state index contributed by atoms with van der Waals surface area (Å²) in [5, 5.41) is 0. The predicted octanol–water partition coefficient (Wildman–Crippen LogP) is 0.601. The van der Waals surface area contributed by atoms with E-state index in [4.69, 9.17) is 5.84 Å². The summed E-state index contributed by atoms with van der Waals surface area (Å²) in [5.41, 5.74) is 3.56. The van der Waals surface area contributed by atoms with Gasteiger partial charge in [-0.15, -0.1) is 0 Å². The third-order valence-corrected chi connectivity index (χ3v) is 3.59. The quantitative estimate of drug-likeness (QED) is 0.602. The van der Waals surface area contributed by atoms with Gasteiger partial charge < -0.3 is 9.80 Å². The molecule has 100 valence electrons. The lowest BCUT2D eigenvalue weighted by molar-refractivity contribution is 0.314. The van der Waals surface area contributed by atoms with Crippen molar-refractivity contribution in [2.24, 2.45) is 5.84 Å². The van der Waals surface area contributed by atoms with Gasteiger partial charge in [0.2, 0.25) is 5.95 Å². The zero-order valence-electron chi connectivity index (χ0n) is 11.3. The molecule has 6 heteroatoms. The first-order valence-electron chi connectivity index (χ1n) is 6.33. The number of aromatic nitrogens is 2. The highest BCUT2D eigenvalue weighted by Crippen LogP contribution is 2.20. The average molecular weight is 250 g/mol. The minimum atomic E-state index is 0.460. The van der Waals surface area contributed by atoms with Gasteiger partial charge in [-0.2, -0.15) is 4.98 Å². The second-order valence-electron chi connectivity index (χ2n) is 5.00. The second-order valence-corrected chi connectivity index (χ2v) is 5.00. The van der Waals surface area contributed by atoms with E-state index in [1.807, 2.05) is 6.92 Å². The number of hydrogen-bond donors (Lipinski definition) is 2. The number of nitrogen functional groups attached to an aromatic ring is 1. The van der Waals surface area contributed by atoms with Crippen LogP contribution in [0.1, 0.15) is 18.4 Å². The number of rotatable bonds is 4. The number of hydrogen-bond acceptors (Lipinski definition) is 6. The average Bonchev–Trinajstić information content (AvgIpc) is 2.75. The fourth-order valence-electron chi connectivity index (χ4n) is 2.50. The summed E-state index contributed by atoms with van der Waals surface area (Å²) in [6.45, 7) is 4.19. The van der Waals surface area contributed by atoms with Crippen LogP contribution in [0.15, 0.2) is 6.20 Å². The number of nitrogens with zero attached hydrogens (tertiary/aromatic N) is 4. The Kier molecular flexibility index (Phi) is 3.98. The van der Waals surface area contributed by atoms with Crippen LogP contribution >= 0.6 is 0 Å². The van der Waals surface area contributed by atoms with Crippen molar-refractivity contribution in [3.8, 4) is 0 Å². The smallest absolute Gasteiger partial charge is 0.239 e. The molecule has 1 aliphatic heterocycles. The Morgan fingerprint density at radius 2 is 2.39 bits per heavy atom. The lowest BCUT2D eigenvalue weighted by atomic mass is 10.2. The van der Waals surface area contributed by atoms with Crippen molar-refractivity contribution in [1.29, 1.82) is 0 Å². The van der Waals surface area contributed by atoms with Gasteiger partial charge >= 0.3 is 0 Å². The molecular formula is C12H22N6. The van der Waals surface area contributed by atoms with Crippen molar-refractivity contribution in [2.45, 2.75) is 25.8 Å². The SMILES string of the molecule is Cc1cnc(NN)nc1N(C)CC1CCCN1C. The van der Waals surface area contributed by atoms with Crippen LogP contribution in [0.3, 0.4) is 0 Å². The van der Waals surface area contributed by atoms with Crippen LogP contribution in [0.5, 0.6) is 0 Å². The maximum Gasteiger partial charge on any atom is 0.239 e. The van der Waals surface area contributed by atoms with Gasteiger partial charge in [-0.25, -0.2) is 10.8 Å². The van der Waals surface area contributed by atoms with Crippen molar-refractivity contribution >= 4 is 11.8 Å². The number of hydrazine groups is 1. The molecule has 1 aromatic heterocycles. The number of anilines is 2. The zero-order valence-corrected chi connectivity index (χ0v) is 11.3. The Bertz CT molecular complexity index is 408. The van der Waals surface area contributed by atoms with Gasteiger partial charge in [0.1, 0.15) is 5.82 Å². The van der Waals surface area contributed by atoms with Gasteiger partial charge in [-0.1, -0.05) is 0 Å². The Labute approximate surface area is 108 Å². The van der Waals surface area contributed by atoms with Crippen molar-refractivity contribution in [3.05, 3.63) is 11.8 Å². The van der Waals surface area contributed by atoms with E-state index in [-0.39, 0.29) is 0 Å². The van der Waals surface area contributed by atoms with Gasteiger partial charge in [-0.05, 0) is 33.4 Å². The normalized spacial score (nSPS) is 20.1. The molecule has 0 amide bonds. The number of aryl methyl sites for hydroxylation is 1. The summed E-state index contributed by atoms with van der Waals surface area (Å²) >= 11 is 0. The van der Waals surface area contributed by atoms with Gasteiger partial charge in [0.25, 0.3) is 0 Å². The van der Waals surface area contributed by atoms with E-state index in [0.29, 0.717) is 12.0 Å². The molecule has 1 atom stereocenters. The number of nitrogens with two attached hydrogens (primary N) is 1. The Balaban J connectivity index is 2.10. The molecule has 1 aromatic rings. The lowest BCUT2D eigenvalue weighted by Gasteiger charge is -2.27. The van der Waals surface area contributed by atoms with E-state index >= 15 is 0 Å². The molecule has 1 fully saturated rings. The van der Waals surface area contributed by atoms with Crippen LogP contribution in [0.4, 0.5) is 11.8 Å². The van der Waals surface area contributed by atoms with Crippen LogP contribution in [-0.4, -0.2) is 48.1 Å². The van der Waals surface area contributed by atoms with Crippen LogP contribution in [0.2, 0.25) is 0 Å². The van der Waals surface area contributed by atoms with E-state index in [1.54, 1.807) is 6.20 Å². The van der Waals surface area contributed by atoms with E-state index in [2.05, 4.69) is 39.3 Å². The van der Waals surface area contributed by atoms with Gasteiger partial charge in [0, 0.05) is 31.4 Å². The van der Waals surface area contributed by atoms with Crippen molar-refractivity contribution in [3.63, 3.8) is 0 Å². The standard InChI is InChI=1S/C12H22N6/c1-9-7-14-12(16-13)15-11(9)18(3)8-10-5-4-6-17(10)2/h7,10H,4-6,8,13H2,1-3H3,(H,14,15,16). The summed E-state index contributed by atoms with van der Waals surface area (Å²) in [7, 11) is 4.26. The van der Waals surface area contributed by atoms with Crippen molar-refractivity contribution in [1.82, 2.24) is 14.9 Å². The summed E-state index contributed by atoms with van der Waals surface area (Å²) in [5.74, 6) is 6.76. The molecule has 0 aromatic carbocycles. The van der Waals surface area contributed by atoms with Gasteiger partial charge in [0.15, 0.2) is 0 Å². The molecule has 0 bridgehead atoms. The Morgan fingerprint density at radius 1 is 1.61 bits per heavy atom. The predicted molar refractivity (Wildman–Crippen MR) is 73.5 cm³/mol. The maximum absolute atomic E-state index is 5.35. The van der Waals surface area contributed by atoms with E-state index in [1.165, 1.54) is 19.4 Å². The molecule has 0 aliphatic carbocycles. The molecule has 1 saturated heterocycles. The third kappa shape index (κ3) is 2.70. The fraction of sp³-hybridized carbons (Fsp3) is 0.667. The summed E-state index contributed by atoms with van der Waals surface area (Å²) in [6.07, 6.45) is 4.34. The Hall–Kier alpha value is -1.40. The second kappa shape index (κ2) is 5.49. The summed E-state index contributed by atoms with van der Waals surface area (Å²) in [6, 6.07) is 0.610. The van der Waals surface area contributed by atoms with Crippen LogP contribution < -0.4 is 16.2 Å². The highest BCUT2D eigenvalue weighted by molar-refractivity contribution is 5.48. The van der Waals surface area contributed by atoms with Crippen molar-refractivity contribution < 1.29 is 0 Å². The van der Waals surface area contributed by atoms with E-state index < -0.39 is 0 Å². The van der Waals surface area contributed by atoms with Crippen molar-refractivity contribution in [2.75, 3.05) is 37.5 Å². The monoisotopic (exact) mass is 250 g/mol. The molecule has 2 rings (SSSR count). The first-order valence-corrected chi connectivity index (χ1v) is 6.33. The van der Waals surface area contributed by atoms with Gasteiger partial charge in [0.05, 0.1) is 0 Å². The minimum absolute atomic E-state index is 0.460. The van der Waals surface area contributed by atoms with E-state index in [0.717, 1.165) is 17.9 Å². The molecule has 2 heterocycles. The first-order chi connectivity index (χ1) is 8.61. The molecule has 1 aliphatic rings.